The summed E-state index contributed by atoms with van der Waals surface area (Å²) in [6.07, 6.45) is 4.96. The molecule has 69 heavy (non-hydrogen) atoms. The van der Waals surface area contributed by atoms with E-state index < -0.39 is 36.5 Å². The number of halogens is 3. The highest BCUT2D eigenvalue weighted by Gasteiger charge is 2.36. The Hall–Kier alpha value is -5.71. The number of rotatable bonds is 13. The van der Waals surface area contributed by atoms with Crippen LogP contribution in [0.2, 0.25) is 0 Å². The number of hydrogen-bond donors (Lipinski definition) is 3. The summed E-state index contributed by atoms with van der Waals surface area (Å²) in [7, 11) is -1.09. The first-order valence-electron chi connectivity index (χ1n) is 23.6. The third-order valence-electron chi connectivity index (χ3n) is 14.0. The summed E-state index contributed by atoms with van der Waals surface area (Å²) in [6.45, 7) is 13.4. The van der Waals surface area contributed by atoms with E-state index >= 15 is 8.78 Å². The fourth-order valence-corrected chi connectivity index (χ4v) is 12.1. The highest BCUT2D eigenvalue weighted by molar-refractivity contribution is 9.10. The van der Waals surface area contributed by atoms with Gasteiger partial charge in [0.15, 0.2) is 0 Å². The molecule has 4 aliphatic rings. The second kappa shape index (κ2) is 20.0. The van der Waals surface area contributed by atoms with Gasteiger partial charge in [0.25, 0.3) is 0 Å². The molecular weight excluding hydrogens is 969 g/mol. The number of anilines is 6. The van der Waals surface area contributed by atoms with Crippen molar-refractivity contribution >= 4 is 91.5 Å². The zero-order valence-electron chi connectivity index (χ0n) is 39.6. The van der Waals surface area contributed by atoms with E-state index in [1.165, 1.54) is 17.7 Å². The number of fused-ring (bicyclic) bond motifs is 1. The molecule has 9 rings (SSSR count). The lowest BCUT2D eigenvalue weighted by molar-refractivity contribution is -0.135. The minimum absolute atomic E-state index is 0.0350. The number of piperidine rings is 2. The number of piperazine rings is 1. The Morgan fingerprint density at radius 3 is 2.30 bits per heavy atom. The van der Waals surface area contributed by atoms with E-state index in [9.17, 15) is 18.9 Å². The summed E-state index contributed by atoms with van der Waals surface area (Å²) < 4.78 is 50.5. The second-order valence-electron chi connectivity index (χ2n) is 18.9. The SMILES string of the molecule is CCc1cc(Nc2ncc(Br)c(Nc3ccc4nc(C)ccc4c3P(C)(C)=O)n2)c(OC)cc1N1CCC(N2CCN(C(=O)CC3CN(c4cc(F)c([C@H]5CCC(=O)NC5=O)c(F)c4)C3)CC2)CC1. The maximum Gasteiger partial charge on any atom is 0.234 e. The van der Waals surface area contributed by atoms with Gasteiger partial charge in [-0.05, 0) is 104 Å². The number of aromatic nitrogens is 3. The molecule has 0 spiro atoms. The molecule has 3 N–H and O–H groups in total. The van der Waals surface area contributed by atoms with E-state index in [0.717, 1.165) is 73.4 Å². The number of ether oxygens (including phenoxy) is 1. The maximum absolute atomic E-state index is 15.1. The lowest BCUT2D eigenvalue weighted by atomic mass is 9.89. The van der Waals surface area contributed by atoms with Gasteiger partial charge in [-0.15, -0.1) is 0 Å². The Kier molecular flexibility index (Phi) is 14.0. The van der Waals surface area contributed by atoms with Crippen LogP contribution in [-0.4, -0.2) is 121 Å². The van der Waals surface area contributed by atoms with Crippen LogP contribution in [0.1, 0.15) is 61.8 Å². The molecule has 4 aliphatic heterocycles. The number of nitrogens with one attached hydrogen (secondary N) is 3. The van der Waals surface area contributed by atoms with Gasteiger partial charge in [0.05, 0.1) is 34.4 Å². The molecule has 2 aromatic heterocycles. The van der Waals surface area contributed by atoms with Crippen LogP contribution in [0.25, 0.3) is 10.9 Å². The molecule has 0 saturated carbocycles. The number of amides is 3. The maximum atomic E-state index is 15.1. The van der Waals surface area contributed by atoms with E-state index in [1.807, 2.05) is 41.0 Å². The van der Waals surface area contributed by atoms with Crippen molar-refractivity contribution in [2.24, 2.45) is 5.92 Å². The number of carbonyl (C=O) groups excluding carboxylic acids is 3. The number of pyridine rings is 1. The van der Waals surface area contributed by atoms with Gasteiger partial charge in [0, 0.05) is 123 Å². The van der Waals surface area contributed by atoms with Crippen molar-refractivity contribution in [3.05, 3.63) is 87.7 Å². The van der Waals surface area contributed by atoms with E-state index in [2.05, 4.69) is 70.7 Å². The molecule has 0 radical (unpaired) electrons. The van der Waals surface area contributed by atoms with Gasteiger partial charge in [-0.1, -0.05) is 13.0 Å². The van der Waals surface area contributed by atoms with Crippen LogP contribution in [-0.2, 0) is 25.4 Å². The Morgan fingerprint density at radius 1 is 0.913 bits per heavy atom. The van der Waals surface area contributed by atoms with Crippen LogP contribution in [0.15, 0.2) is 59.2 Å². The Bertz CT molecular complexity index is 2840. The molecule has 4 saturated heterocycles. The molecule has 15 nitrogen and oxygen atoms in total. The summed E-state index contributed by atoms with van der Waals surface area (Å²) in [6, 6.07) is 14.8. The quantitative estimate of drug-likeness (QED) is 0.0773. The zero-order valence-corrected chi connectivity index (χ0v) is 42.1. The van der Waals surface area contributed by atoms with Gasteiger partial charge in [-0.2, -0.15) is 4.98 Å². The standard InChI is InChI=1S/C50H58BrF2N10O5P/c1-6-31-22-41(57-50-54-26-36(51)48(59-50)56-40-11-10-39-34(8-7-29(2)55-39)47(40)69(4,5)67)43(68-3)25-42(31)61-15-13-32(14-16-61)60-17-19-62(20-18-60)45(65)21-30-27-63(28-30)33-23-37(52)46(38(53)24-33)35-9-12-44(64)58-49(35)66/h7-8,10-11,22-26,30,32,35H,6,9,12-21,27-28H2,1-5H3,(H,58,64,66)(H2,54,56,57,59)/t35-/m1/s1. The lowest BCUT2D eigenvalue weighted by Gasteiger charge is -2.45. The summed E-state index contributed by atoms with van der Waals surface area (Å²) in [5.74, 6) is -2.03. The molecule has 4 fully saturated rings. The molecule has 19 heteroatoms. The Morgan fingerprint density at radius 2 is 1.64 bits per heavy atom. The molecule has 5 aromatic rings. The van der Waals surface area contributed by atoms with Crippen molar-refractivity contribution in [3.63, 3.8) is 0 Å². The average molecular weight is 1030 g/mol. The predicted octanol–water partition coefficient (Wildman–Crippen LogP) is 7.84. The van der Waals surface area contributed by atoms with Crippen LogP contribution >= 0.6 is 23.1 Å². The monoisotopic (exact) mass is 1030 g/mol. The summed E-state index contributed by atoms with van der Waals surface area (Å²) in [5.41, 5.74) is 5.49. The van der Waals surface area contributed by atoms with E-state index in [4.69, 9.17) is 9.72 Å². The van der Waals surface area contributed by atoms with Crippen molar-refractivity contribution in [3.8, 4) is 5.75 Å². The molecule has 3 aromatic carbocycles. The van der Waals surface area contributed by atoms with Gasteiger partial charge in [0.1, 0.15) is 30.3 Å². The Labute approximate surface area is 409 Å². The highest BCUT2D eigenvalue weighted by atomic mass is 79.9. The van der Waals surface area contributed by atoms with Crippen molar-refractivity contribution < 1.29 is 32.5 Å². The fraction of sp³-hybridized carbons (Fsp3) is 0.440. The largest absolute Gasteiger partial charge is 0.494 e. The topological polar surface area (TPSA) is 165 Å². The van der Waals surface area contributed by atoms with Crippen molar-refractivity contribution in [1.29, 1.82) is 0 Å². The molecule has 0 unspecified atom stereocenters. The number of hydrogen-bond acceptors (Lipinski definition) is 13. The van der Waals surface area contributed by atoms with Crippen LogP contribution in [0, 0.1) is 24.5 Å². The third-order valence-corrected chi connectivity index (χ3v) is 16.1. The number of benzene rings is 3. The summed E-state index contributed by atoms with van der Waals surface area (Å²) in [5, 5.41) is 10.5. The van der Waals surface area contributed by atoms with Gasteiger partial charge in [-0.25, -0.2) is 13.8 Å². The minimum Gasteiger partial charge on any atom is -0.494 e. The fourth-order valence-electron chi connectivity index (χ4n) is 10.3. The molecule has 6 heterocycles. The number of nitrogens with zero attached hydrogens (tertiary/aromatic N) is 7. The van der Waals surface area contributed by atoms with Gasteiger partial charge < -0.3 is 34.6 Å². The predicted molar refractivity (Wildman–Crippen MR) is 269 cm³/mol. The highest BCUT2D eigenvalue weighted by Crippen LogP contribution is 2.43. The zero-order chi connectivity index (χ0) is 48.7. The number of methoxy groups -OCH3 is 1. The number of aryl methyl sites for hydroxylation is 2. The smallest absolute Gasteiger partial charge is 0.234 e. The number of carbonyl (C=O) groups is 3. The van der Waals surface area contributed by atoms with E-state index in [0.29, 0.717) is 77.3 Å². The second-order valence-corrected chi connectivity index (χ2v) is 22.9. The first-order chi connectivity index (χ1) is 33.1. The molecule has 3 amide bonds. The average Bonchev–Trinajstić information content (AvgIpc) is 3.31. The molecule has 0 aliphatic carbocycles. The molecule has 364 valence electrons. The third kappa shape index (κ3) is 10.3. The van der Waals surface area contributed by atoms with Gasteiger partial charge in [-0.3, -0.25) is 29.6 Å². The minimum atomic E-state index is -2.75. The normalized spacial score (nSPS) is 18.6. The summed E-state index contributed by atoms with van der Waals surface area (Å²) >= 11 is 3.61. The molecule has 0 bridgehead atoms. The van der Waals surface area contributed by atoms with Crippen LogP contribution < -0.4 is 35.8 Å². The van der Waals surface area contributed by atoms with Gasteiger partial charge >= 0.3 is 0 Å². The first-order valence-corrected chi connectivity index (χ1v) is 27.0. The molecular formula is C50H58BrF2N10O5P. The summed E-state index contributed by atoms with van der Waals surface area (Å²) in [4.78, 5) is 60.0. The van der Waals surface area contributed by atoms with Crippen molar-refractivity contribution in [2.75, 3.05) is 93.2 Å². The van der Waals surface area contributed by atoms with E-state index in [-0.39, 0.29) is 30.2 Å². The number of imide groups is 1. The van der Waals surface area contributed by atoms with Gasteiger partial charge in [0.2, 0.25) is 23.7 Å². The Balaban J connectivity index is 0.771. The van der Waals surface area contributed by atoms with Crippen molar-refractivity contribution in [1.82, 2.24) is 30.1 Å². The van der Waals surface area contributed by atoms with Crippen LogP contribution in [0.3, 0.4) is 0 Å². The first kappa shape index (κ1) is 48.3. The van der Waals surface area contributed by atoms with Crippen LogP contribution in [0.4, 0.5) is 43.3 Å². The lowest BCUT2D eigenvalue weighted by Crippen LogP contribution is -2.55. The van der Waals surface area contributed by atoms with Crippen LogP contribution in [0.5, 0.6) is 5.75 Å². The van der Waals surface area contributed by atoms with Crippen molar-refractivity contribution in [2.45, 2.75) is 64.3 Å². The molecule has 1 atom stereocenters. The van der Waals surface area contributed by atoms with E-state index in [1.54, 1.807) is 26.6 Å².